The van der Waals surface area contributed by atoms with Crippen LogP contribution >= 0.6 is 0 Å². The molecule has 1 aromatic carbocycles. The standard InChI is InChI=1S/C21H29N5O/c1-21(2,3)16-6-10-26(11-7-16)17-4-5-18(15-8-12-27-13-9-15)19(14-17)20-22-24-25-23-20/h4-5,8,12,14-16H,6-7,9-11,13H2,1-3H3,(H,22,23,24,25). The molecule has 4 rings (SSSR count). The topological polar surface area (TPSA) is 66.9 Å². The molecule has 0 spiro atoms. The Kier molecular flexibility index (Phi) is 4.89. The highest BCUT2D eigenvalue weighted by Crippen LogP contribution is 2.38. The average molecular weight is 367 g/mol. The highest BCUT2D eigenvalue weighted by Gasteiger charge is 2.29. The Bertz CT molecular complexity index is 785. The molecule has 1 unspecified atom stereocenters. The van der Waals surface area contributed by atoms with Crippen LogP contribution in [0, 0.1) is 11.3 Å². The van der Waals surface area contributed by atoms with Crippen molar-refractivity contribution in [2.75, 3.05) is 24.6 Å². The number of anilines is 1. The monoisotopic (exact) mass is 367 g/mol. The van der Waals surface area contributed by atoms with Crippen LogP contribution < -0.4 is 4.90 Å². The minimum Gasteiger partial charge on any atom is -0.501 e. The van der Waals surface area contributed by atoms with Crippen molar-refractivity contribution in [2.45, 2.75) is 46.0 Å². The summed E-state index contributed by atoms with van der Waals surface area (Å²) in [6.07, 6.45) is 7.38. The highest BCUT2D eigenvalue weighted by atomic mass is 16.5. The second-order valence-electron chi connectivity index (χ2n) is 8.73. The maximum atomic E-state index is 5.37. The van der Waals surface area contributed by atoms with Crippen molar-refractivity contribution in [3.8, 4) is 11.4 Å². The van der Waals surface area contributed by atoms with Gasteiger partial charge in [-0.2, -0.15) is 5.21 Å². The Morgan fingerprint density at radius 1 is 1.15 bits per heavy atom. The van der Waals surface area contributed by atoms with Gasteiger partial charge in [-0.1, -0.05) is 26.8 Å². The zero-order valence-corrected chi connectivity index (χ0v) is 16.5. The van der Waals surface area contributed by atoms with Gasteiger partial charge in [-0.3, -0.25) is 0 Å². The summed E-state index contributed by atoms with van der Waals surface area (Å²) in [6.45, 7) is 10.0. The van der Waals surface area contributed by atoms with Crippen molar-refractivity contribution in [2.24, 2.45) is 11.3 Å². The highest BCUT2D eigenvalue weighted by molar-refractivity contribution is 5.68. The van der Waals surface area contributed by atoms with E-state index in [0.717, 1.165) is 37.6 Å². The third-order valence-corrected chi connectivity index (χ3v) is 6.06. The van der Waals surface area contributed by atoms with Crippen LogP contribution in [0.3, 0.4) is 0 Å². The normalized spacial score (nSPS) is 21.3. The van der Waals surface area contributed by atoms with E-state index in [2.05, 4.69) is 70.6 Å². The van der Waals surface area contributed by atoms with E-state index < -0.39 is 0 Å². The number of nitrogens with zero attached hydrogens (tertiary/aromatic N) is 4. The van der Waals surface area contributed by atoms with Crippen LogP contribution in [0.4, 0.5) is 5.69 Å². The summed E-state index contributed by atoms with van der Waals surface area (Å²) in [5.41, 5.74) is 3.95. The fraction of sp³-hybridized carbons (Fsp3) is 0.571. The summed E-state index contributed by atoms with van der Waals surface area (Å²) < 4.78 is 5.37. The number of ether oxygens (including phenoxy) is 1. The zero-order valence-electron chi connectivity index (χ0n) is 16.5. The molecular formula is C21H29N5O. The number of allylic oxidation sites excluding steroid dienone is 1. The number of nitrogens with one attached hydrogen (secondary N) is 1. The van der Waals surface area contributed by atoms with E-state index in [-0.39, 0.29) is 0 Å². The van der Waals surface area contributed by atoms with Gasteiger partial charge < -0.3 is 9.64 Å². The Balaban J connectivity index is 1.61. The third kappa shape index (κ3) is 3.84. The molecule has 1 atom stereocenters. The Morgan fingerprint density at radius 3 is 2.59 bits per heavy atom. The SMILES string of the molecule is CC(C)(C)C1CCN(c2ccc(C3C=COCC3)c(-c3nn[nH]n3)c2)CC1. The number of piperidine rings is 1. The van der Waals surface area contributed by atoms with Crippen LogP contribution in [0.15, 0.2) is 30.5 Å². The van der Waals surface area contributed by atoms with Gasteiger partial charge in [0.15, 0.2) is 0 Å². The minimum atomic E-state index is 0.327. The summed E-state index contributed by atoms with van der Waals surface area (Å²) in [5.74, 6) is 1.78. The molecule has 1 fully saturated rings. The van der Waals surface area contributed by atoms with Crippen LogP contribution in [0.5, 0.6) is 0 Å². The van der Waals surface area contributed by atoms with Gasteiger partial charge in [-0.05, 0) is 59.6 Å². The molecule has 1 aromatic heterocycles. The Labute approximate surface area is 161 Å². The van der Waals surface area contributed by atoms with Gasteiger partial charge in [0.25, 0.3) is 0 Å². The summed E-state index contributed by atoms with van der Waals surface area (Å²) in [7, 11) is 0. The Hall–Kier alpha value is -2.37. The first-order valence-corrected chi connectivity index (χ1v) is 9.93. The molecule has 0 saturated carbocycles. The molecule has 0 aliphatic carbocycles. The third-order valence-electron chi connectivity index (χ3n) is 6.06. The number of aromatic nitrogens is 4. The molecule has 6 heteroatoms. The number of hydrogen-bond donors (Lipinski definition) is 1. The second kappa shape index (κ2) is 7.33. The van der Waals surface area contributed by atoms with Crippen molar-refractivity contribution >= 4 is 5.69 Å². The zero-order chi connectivity index (χ0) is 18.9. The van der Waals surface area contributed by atoms with E-state index in [1.54, 1.807) is 6.26 Å². The van der Waals surface area contributed by atoms with Crippen LogP contribution in [0.1, 0.15) is 51.5 Å². The van der Waals surface area contributed by atoms with Gasteiger partial charge in [0.2, 0.25) is 5.82 Å². The summed E-state index contributed by atoms with van der Waals surface area (Å²) >= 11 is 0. The molecule has 1 saturated heterocycles. The first kappa shape index (κ1) is 18.0. The van der Waals surface area contributed by atoms with E-state index in [4.69, 9.17) is 4.74 Å². The molecule has 1 N–H and O–H groups in total. The largest absolute Gasteiger partial charge is 0.501 e. The van der Waals surface area contributed by atoms with Gasteiger partial charge in [0.05, 0.1) is 12.9 Å². The van der Waals surface area contributed by atoms with Crippen LogP contribution in [-0.4, -0.2) is 40.3 Å². The summed E-state index contributed by atoms with van der Waals surface area (Å²) in [4.78, 5) is 2.50. The van der Waals surface area contributed by atoms with Crippen molar-refractivity contribution in [3.63, 3.8) is 0 Å². The molecule has 6 nitrogen and oxygen atoms in total. The molecular weight excluding hydrogens is 338 g/mol. The number of benzene rings is 1. The van der Waals surface area contributed by atoms with Gasteiger partial charge in [-0.25, -0.2) is 0 Å². The van der Waals surface area contributed by atoms with Crippen molar-refractivity contribution in [1.29, 1.82) is 0 Å². The molecule has 3 heterocycles. The second-order valence-corrected chi connectivity index (χ2v) is 8.73. The quantitative estimate of drug-likeness (QED) is 0.883. The number of rotatable bonds is 3. The van der Waals surface area contributed by atoms with E-state index >= 15 is 0 Å². The predicted octanol–water partition coefficient (Wildman–Crippen LogP) is 4.15. The fourth-order valence-electron chi connectivity index (χ4n) is 4.31. The average Bonchev–Trinajstić information content (AvgIpc) is 3.22. The van der Waals surface area contributed by atoms with Gasteiger partial charge in [-0.15, -0.1) is 10.2 Å². The lowest BCUT2D eigenvalue weighted by atomic mass is 9.75. The summed E-state index contributed by atoms with van der Waals surface area (Å²) in [5, 5.41) is 14.9. The first-order valence-electron chi connectivity index (χ1n) is 9.93. The van der Waals surface area contributed by atoms with E-state index in [1.807, 2.05) is 0 Å². The van der Waals surface area contributed by atoms with E-state index in [9.17, 15) is 0 Å². The van der Waals surface area contributed by atoms with Crippen LogP contribution in [0.25, 0.3) is 11.4 Å². The van der Waals surface area contributed by atoms with Crippen LogP contribution in [-0.2, 0) is 4.74 Å². The number of aromatic amines is 1. The molecule has 2 aliphatic rings. The summed E-state index contributed by atoms with van der Waals surface area (Å²) in [6, 6.07) is 6.72. The van der Waals surface area contributed by atoms with E-state index in [1.165, 1.54) is 24.1 Å². The molecule has 144 valence electrons. The number of hydrogen-bond acceptors (Lipinski definition) is 5. The molecule has 2 aromatic rings. The van der Waals surface area contributed by atoms with Crippen molar-refractivity contribution < 1.29 is 4.74 Å². The first-order chi connectivity index (χ1) is 13.0. The molecule has 27 heavy (non-hydrogen) atoms. The predicted molar refractivity (Wildman–Crippen MR) is 106 cm³/mol. The van der Waals surface area contributed by atoms with E-state index in [0.29, 0.717) is 17.2 Å². The van der Waals surface area contributed by atoms with Crippen LogP contribution in [0.2, 0.25) is 0 Å². The smallest absolute Gasteiger partial charge is 0.205 e. The van der Waals surface area contributed by atoms with Crippen molar-refractivity contribution in [3.05, 3.63) is 36.1 Å². The minimum absolute atomic E-state index is 0.327. The maximum Gasteiger partial charge on any atom is 0.205 e. The van der Waals surface area contributed by atoms with Crippen molar-refractivity contribution in [1.82, 2.24) is 20.6 Å². The fourth-order valence-corrected chi connectivity index (χ4v) is 4.31. The lowest BCUT2D eigenvalue weighted by Gasteiger charge is -2.40. The number of H-pyrrole nitrogens is 1. The molecule has 0 radical (unpaired) electrons. The maximum absolute atomic E-state index is 5.37. The molecule has 0 amide bonds. The van der Waals surface area contributed by atoms with Gasteiger partial charge in [0.1, 0.15) is 0 Å². The Morgan fingerprint density at radius 2 is 1.96 bits per heavy atom. The molecule has 0 bridgehead atoms. The lowest BCUT2D eigenvalue weighted by molar-refractivity contribution is 0.199. The molecule has 2 aliphatic heterocycles. The van der Waals surface area contributed by atoms with Gasteiger partial charge >= 0.3 is 0 Å². The number of tetrazole rings is 1. The van der Waals surface area contributed by atoms with Gasteiger partial charge in [0, 0.05) is 30.3 Å². The lowest BCUT2D eigenvalue weighted by Crippen LogP contribution is -2.38.